The van der Waals surface area contributed by atoms with Crippen LogP contribution >= 0.6 is 22.6 Å². The normalized spacial score (nSPS) is 30.7. The third-order valence-electron chi connectivity index (χ3n) is 4.83. The Morgan fingerprint density at radius 3 is 2.63 bits per heavy atom. The maximum absolute atomic E-state index is 13.1. The zero-order chi connectivity index (χ0) is 13.2. The van der Waals surface area contributed by atoms with Crippen LogP contribution in [-0.2, 0) is 0 Å². The molecule has 1 nitrogen and oxygen atoms in total. The van der Waals surface area contributed by atoms with Crippen molar-refractivity contribution < 1.29 is 4.39 Å². The number of anilines is 1. The van der Waals surface area contributed by atoms with Gasteiger partial charge in [-0.1, -0.05) is 25.7 Å². The molecule has 0 amide bonds. The molecule has 3 atom stereocenters. The van der Waals surface area contributed by atoms with Gasteiger partial charge in [0.1, 0.15) is 5.82 Å². The minimum Gasteiger partial charge on any atom is -0.381 e. The highest BCUT2D eigenvalue weighted by atomic mass is 127. The van der Waals surface area contributed by atoms with Gasteiger partial charge in [0, 0.05) is 15.3 Å². The van der Waals surface area contributed by atoms with Crippen LogP contribution in [0.4, 0.5) is 10.1 Å². The minimum absolute atomic E-state index is 0.147. The van der Waals surface area contributed by atoms with Gasteiger partial charge in [-0.15, -0.1) is 0 Å². The Morgan fingerprint density at radius 2 is 1.84 bits per heavy atom. The summed E-state index contributed by atoms with van der Waals surface area (Å²) in [4.78, 5) is 0. The Kier molecular flexibility index (Phi) is 4.30. The van der Waals surface area contributed by atoms with Gasteiger partial charge in [-0.25, -0.2) is 4.39 Å². The Hall–Kier alpha value is -0.320. The minimum atomic E-state index is -0.147. The first kappa shape index (κ1) is 13.7. The van der Waals surface area contributed by atoms with E-state index in [1.165, 1.54) is 44.9 Å². The van der Waals surface area contributed by atoms with Crippen molar-refractivity contribution in [3.05, 3.63) is 27.6 Å². The van der Waals surface area contributed by atoms with E-state index in [1.807, 2.05) is 6.07 Å². The third-order valence-corrected chi connectivity index (χ3v) is 5.72. The van der Waals surface area contributed by atoms with E-state index < -0.39 is 0 Å². The Bertz CT molecular complexity index is 448. The van der Waals surface area contributed by atoms with E-state index in [0.29, 0.717) is 6.04 Å². The highest BCUT2D eigenvalue weighted by Gasteiger charge is 2.32. The van der Waals surface area contributed by atoms with Gasteiger partial charge in [0.05, 0.1) is 0 Å². The van der Waals surface area contributed by atoms with Crippen LogP contribution in [0, 0.1) is 21.2 Å². The predicted molar refractivity (Wildman–Crippen MR) is 85.8 cm³/mol. The van der Waals surface area contributed by atoms with E-state index in [-0.39, 0.29) is 5.82 Å². The lowest BCUT2D eigenvalue weighted by atomic mass is 9.69. The molecule has 0 radical (unpaired) electrons. The van der Waals surface area contributed by atoms with Crippen LogP contribution in [0.15, 0.2) is 18.2 Å². The Labute approximate surface area is 128 Å². The lowest BCUT2D eigenvalue weighted by molar-refractivity contribution is 0.162. The highest BCUT2D eigenvalue weighted by molar-refractivity contribution is 14.1. The molecule has 0 aliphatic heterocycles. The maximum atomic E-state index is 13.1. The molecule has 0 spiro atoms. The fourth-order valence-electron chi connectivity index (χ4n) is 3.83. The second kappa shape index (κ2) is 5.98. The molecule has 0 aromatic heterocycles. The largest absolute Gasteiger partial charge is 0.381 e. The van der Waals surface area contributed by atoms with Crippen molar-refractivity contribution in [1.82, 2.24) is 0 Å². The van der Waals surface area contributed by atoms with Crippen LogP contribution in [0.2, 0.25) is 0 Å². The van der Waals surface area contributed by atoms with Gasteiger partial charge in [0.15, 0.2) is 0 Å². The van der Waals surface area contributed by atoms with Crippen molar-refractivity contribution in [3.8, 4) is 0 Å². The molecule has 0 bridgehead atoms. The molecule has 0 heterocycles. The SMILES string of the molecule is Fc1ccc(NC2CCC3CCCCC3C2)c(I)c1. The summed E-state index contributed by atoms with van der Waals surface area (Å²) in [6.45, 7) is 0. The quantitative estimate of drug-likeness (QED) is 0.703. The van der Waals surface area contributed by atoms with Gasteiger partial charge >= 0.3 is 0 Å². The molecule has 2 aliphatic carbocycles. The molecule has 3 heteroatoms. The summed E-state index contributed by atoms with van der Waals surface area (Å²) in [5.74, 6) is 1.77. The number of rotatable bonds is 2. The Morgan fingerprint density at radius 1 is 1.05 bits per heavy atom. The molecule has 3 rings (SSSR count). The zero-order valence-corrected chi connectivity index (χ0v) is 13.3. The van der Waals surface area contributed by atoms with Crippen LogP contribution < -0.4 is 5.32 Å². The lowest BCUT2D eigenvalue weighted by Crippen LogP contribution is -2.34. The van der Waals surface area contributed by atoms with Crippen molar-refractivity contribution in [1.29, 1.82) is 0 Å². The summed E-state index contributed by atoms with van der Waals surface area (Å²) in [5, 5.41) is 3.64. The molecule has 104 valence electrons. The van der Waals surface area contributed by atoms with E-state index in [9.17, 15) is 4.39 Å². The molecule has 1 N–H and O–H groups in total. The van der Waals surface area contributed by atoms with Gasteiger partial charge in [-0.05, 0) is 71.9 Å². The molecule has 2 fully saturated rings. The highest BCUT2D eigenvalue weighted by Crippen LogP contribution is 2.41. The van der Waals surface area contributed by atoms with Gasteiger partial charge in [0.25, 0.3) is 0 Å². The van der Waals surface area contributed by atoms with E-state index >= 15 is 0 Å². The topological polar surface area (TPSA) is 12.0 Å². The molecular weight excluding hydrogens is 352 g/mol. The van der Waals surface area contributed by atoms with E-state index in [4.69, 9.17) is 0 Å². The van der Waals surface area contributed by atoms with Crippen LogP contribution in [0.25, 0.3) is 0 Å². The first-order valence-corrected chi connectivity index (χ1v) is 8.52. The number of nitrogens with one attached hydrogen (secondary N) is 1. The maximum Gasteiger partial charge on any atom is 0.124 e. The monoisotopic (exact) mass is 373 g/mol. The smallest absolute Gasteiger partial charge is 0.124 e. The number of fused-ring (bicyclic) bond motifs is 1. The summed E-state index contributed by atoms with van der Waals surface area (Å²) in [6.07, 6.45) is 9.68. The fourth-order valence-corrected chi connectivity index (χ4v) is 4.46. The molecule has 3 unspecified atom stereocenters. The summed E-state index contributed by atoms with van der Waals surface area (Å²) in [6, 6.07) is 5.62. The standard InChI is InChI=1S/C16H21FIN/c17-13-6-8-16(15(18)10-13)19-14-7-5-11-3-1-2-4-12(11)9-14/h6,8,10-12,14,19H,1-5,7,9H2. The van der Waals surface area contributed by atoms with Crippen molar-refractivity contribution >= 4 is 28.3 Å². The van der Waals surface area contributed by atoms with Crippen molar-refractivity contribution in [3.63, 3.8) is 0 Å². The Balaban J connectivity index is 1.64. The van der Waals surface area contributed by atoms with Crippen LogP contribution in [0.5, 0.6) is 0 Å². The second-order valence-corrected chi connectivity index (χ2v) is 7.25. The molecule has 2 aliphatic rings. The average molecular weight is 373 g/mol. The average Bonchev–Trinajstić information content (AvgIpc) is 2.42. The van der Waals surface area contributed by atoms with Crippen molar-refractivity contribution in [2.75, 3.05) is 5.32 Å². The summed E-state index contributed by atoms with van der Waals surface area (Å²) < 4.78 is 14.1. The van der Waals surface area contributed by atoms with Gasteiger partial charge < -0.3 is 5.32 Å². The summed E-state index contributed by atoms with van der Waals surface area (Å²) in [7, 11) is 0. The zero-order valence-electron chi connectivity index (χ0n) is 11.2. The molecule has 19 heavy (non-hydrogen) atoms. The van der Waals surface area contributed by atoms with E-state index in [1.54, 1.807) is 12.1 Å². The molecular formula is C16H21FIN. The van der Waals surface area contributed by atoms with Gasteiger partial charge in [0.2, 0.25) is 0 Å². The number of benzene rings is 1. The summed E-state index contributed by atoms with van der Waals surface area (Å²) in [5.41, 5.74) is 1.10. The van der Waals surface area contributed by atoms with Crippen LogP contribution in [0.1, 0.15) is 44.9 Å². The first-order valence-electron chi connectivity index (χ1n) is 7.44. The molecule has 0 saturated heterocycles. The van der Waals surface area contributed by atoms with E-state index in [0.717, 1.165) is 21.1 Å². The number of hydrogen-bond acceptors (Lipinski definition) is 1. The lowest BCUT2D eigenvalue weighted by Gasteiger charge is -2.40. The molecule has 1 aromatic carbocycles. The van der Waals surface area contributed by atoms with Gasteiger partial charge in [-0.3, -0.25) is 0 Å². The predicted octanol–water partition coefficient (Wildman–Crippen LogP) is 5.20. The summed E-state index contributed by atoms with van der Waals surface area (Å²) >= 11 is 2.22. The van der Waals surface area contributed by atoms with Crippen molar-refractivity contribution in [2.45, 2.75) is 51.0 Å². The van der Waals surface area contributed by atoms with E-state index in [2.05, 4.69) is 27.9 Å². The van der Waals surface area contributed by atoms with Gasteiger partial charge in [-0.2, -0.15) is 0 Å². The number of hydrogen-bond donors (Lipinski definition) is 1. The fraction of sp³-hybridized carbons (Fsp3) is 0.625. The van der Waals surface area contributed by atoms with Crippen LogP contribution in [0.3, 0.4) is 0 Å². The van der Waals surface area contributed by atoms with Crippen LogP contribution in [-0.4, -0.2) is 6.04 Å². The number of halogens is 2. The molecule has 1 aromatic rings. The van der Waals surface area contributed by atoms with Crippen molar-refractivity contribution in [2.24, 2.45) is 11.8 Å². The third kappa shape index (κ3) is 3.23. The second-order valence-electron chi connectivity index (χ2n) is 6.08. The first-order chi connectivity index (χ1) is 9.22. The molecule has 2 saturated carbocycles.